The summed E-state index contributed by atoms with van der Waals surface area (Å²) in [6, 6.07) is 3.05. The predicted octanol–water partition coefficient (Wildman–Crippen LogP) is 5.44. The molecule has 3 N–H and O–H groups in total. The molecule has 2 fully saturated rings. The predicted molar refractivity (Wildman–Crippen MR) is 195 cm³/mol. The minimum absolute atomic E-state index is 0.0903. The zero-order valence-corrected chi connectivity index (χ0v) is 32.0. The number of aliphatic carboxylic acids is 1. The highest BCUT2D eigenvalue weighted by molar-refractivity contribution is 7.98. The Kier molecular flexibility index (Phi) is 14.2. The molecule has 0 radical (unpaired) electrons. The van der Waals surface area contributed by atoms with Crippen LogP contribution in [0.4, 0.5) is 10.5 Å². The molecule has 4 rings (SSSR count). The second-order valence-corrected chi connectivity index (χ2v) is 15.0. The van der Waals surface area contributed by atoms with Crippen LogP contribution in [0, 0.1) is 11.8 Å². The van der Waals surface area contributed by atoms with Crippen LogP contribution in [0.15, 0.2) is 35.9 Å². The van der Waals surface area contributed by atoms with E-state index in [4.69, 9.17) is 30.9 Å². The first-order chi connectivity index (χ1) is 23.4. The van der Waals surface area contributed by atoms with Gasteiger partial charge in [-0.15, -0.1) is 0 Å². The molecule has 1 unspecified atom stereocenters. The summed E-state index contributed by atoms with van der Waals surface area (Å²) >= 11 is 8.20. The number of epoxide rings is 1. The molecular formula is C36H52ClN3O9S. The van der Waals surface area contributed by atoms with E-state index in [1.165, 1.54) is 18.9 Å². The number of halogens is 1. The number of allylic oxidation sites excluding steroid dienone is 3. The minimum Gasteiger partial charge on any atom is -0.495 e. The fraction of sp³-hybridized carbons (Fsp3) is 0.611. The first kappa shape index (κ1) is 41.2. The number of carboxylic acid groups (broad SMARTS) is 1. The largest absolute Gasteiger partial charge is 0.495 e. The van der Waals surface area contributed by atoms with E-state index in [2.05, 4.69) is 5.32 Å². The molecule has 0 aromatic heterocycles. The van der Waals surface area contributed by atoms with E-state index >= 15 is 0 Å². The number of nitrogens with one attached hydrogen (secondary N) is 1. The van der Waals surface area contributed by atoms with Gasteiger partial charge in [-0.1, -0.05) is 49.2 Å². The number of alkyl carbamates (subject to hydrolysis) is 1. The summed E-state index contributed by atoms with van der Waals surface area (Å²) in [5, 5.41) is 22.7. The maximum absolute atomic E-state index is 13.4. The molecule has 0 spiro atoms. The summed E-state index contributed by atoms with van der Waals surface area (Å²) in [6.07, 6.45) is 7.95. The number of carboxylic acids is 1. The second kappa shape index (κ2) is 17.3. The molecule has 278 valence electrons. The van der Waals surface area contributed by atoms with E-state index in [0.29, 0.717) is 29.3 Å². The SMILES string of the molecule is COc1cc2cc(c1Cl)N(C)C(=O)CC(C)[C@]1(C)O[C@H]1[C@H](C)[C@@H]1C[C@](O)(C/C=C/C=C(\C)C2)NC(=O)O1.CSCCC(=O)N(C)[C@@H](C)C(=O)O. The van der Waals surface area contributed by atoms with E-state index in [9.17, 15) is 24.3 Å². The number of hydrogen-bond donors (Lipinski definition) is 3. The van der Waals surface area contributed by atoms with Crippen molar-refractivity contribution < 1.29 is 43.6 Å². The van der Waals surface area contributed by atoms with E-state index in [1.54, 1.807) is 30.8 Å². The molecule has 7 atom stereocenters. The Balaban J connectivity index is 0.000000442. The lowest BCUT2D eigenvalue weighted by Gasteiger charge is -2.38. The van der Waals surface area contributed by atoms with Crippen molar-refractivity contribution in [2.45, 2.75) is 96.3 Å². The van der Waals surface area contributed by atoms with Crippen LogP contribution in [0.5, 0.6) is 5.75 Å². The molecule has 1 aromatic rings. The van der Waals surface area contributed by atoms with E-state index in [0.717, 1.165) is 16.9 Å². The molecule has 3 aliphatic rings. The van der Waals surface area contributed by atoms with Crippen molar-refractivity contribution in [1.82, 2.24) is 10.2 Å². The Hall–Kier alpha value is -3.26. The zero-order chi connectivity index (χ0) is 37.6. The van der Waals surface area contributed by atoms with Crippen molar-refractivity contribution in [3.05, 3.63) is 46.5 Å². The summed E-state index contributed by atoms with van der Waals surface area (Å²) in [7, 11) is 4.79. The highest BCUT2D eigenvalue weighted by atomic mass is 35.5. The highest BCUT2D eigenvalue weighted by Gasteiger charge is 2.61. The number of aliphatic hydroxyl groups is 1. The summed E-state index contributed by atoms with van der Waals surface area (Å²) in [5.74, 6) is -0.216. The number of fused-ring (bicyclic) bond motifs is 5. The molecule has 1 aromatic carbocycles. The van der Waals surface area contributed by atoms with Crippen LogP contribution in [-0.2, 0) is 30.3 Å². The third-order valence-corrected chi connectivity index (χ3v) is 10.9. The Morgan fingerprint density at radius 3 is 2.58 bits per heavy atom. The summed E-state index contributed by atoms with van der Waals surface area (Å²) < 4.78 is 17.2. The fourth-order valence-electron chi connectivity index (χ4n) is 6.16. The van der Waals surface area contributed by atoms with Crippen molar-refractivity contribution in [3.8, 4) is 5.75 Å². The second-order valence-electron chi connectivity index (χ2n) is 13.7. The van der Waals surface area contributed by atoms with Crippen LogP contribution >= 0.6 is 23.4 Å². The smallest absolute Gasteiger partial charge is 0.409 e. The van der Waals surface area contributed by atoms with Gasteiger partial charge in [0, 0.05) is 51.4 Å². The van der Waals surface area contributed by atoms with Gasteiger partial charge in [-0.2, -0.15) is 11.8 Å². The molecule has 12 nitrogen and oxygen atoms in total. The standard InChI is InChI=1S/C28H37ClN2O6.C8H15NO3S/c1-16-9-7-8-10-28(34)15-22(36-26(33)30-28)18(3)25-27(4,37-25)17(2)12-23(32)31(5)20-13-19(11-16)14-21(35-6)24(20)29;1-6(8(11)12)9(2)7(10)4-5-13-3/h7-9,13-14,17-18,22,25,34H,10-12,15H2,1-6H3,(H,30,33);6H,4-5H2,1-3H3,(H,11,12)/b8-7+,16-9+;/t17?,18-,22+,25+,27+,28-;6-/m10/s1. The number of likely N-dealkylation sites (N-methyl/N-ethyl adjacent to an activating group) is 1. The normalized spacial score (nSPS) is 30.5. The molecule has 4 bridgehead atoms. The first-order valence-electron chi connectivity index (χ1n) is 16.7. The molecule has 50 heavy (non-hydrogen) atoms. The Bertz CT molecular complexity index is 1490. The van der Waals surface area contributed by atoms with Crippen molar-refractivity contribution in [2.75, 3.05) is 38.1 Å². The van der Waals surface area contributed by atoms with Crippen molar-refractivity contribution in [3.63, 3.8) is 0 Å². The number of methoxy groups -OCH3 is 1. The molecule has 3 aliphatic heterocycles. The van der Waals surface area contributed by atoms with Crippen LogP contribution in [-0.4, -0.2) is 102 Å². The third-order valence-electron chi connectivity index (χ3n) is 9.89. The lowest BCUT2D eigenvalue weighted by atomic mass is 9.81. The van der Waals surface area contributed by atoms with Gasteiger partial charge in [0.15, 0.2) is 0 Å². The van der Waals surface area contributed by atoms with Crippen LogP contribution in [0.25, 0.3) is 0 Å². The van der Waals surface area contributed by atoms with Gasteiger partial charge < -0.3 is 34.2 Å². The number of carbonyl (C=O) groups is 4. The number of nitrogens with zero attached hydrogens (tertiary/aromatic N) is 2. The average molecular weight is 738 g/mol. The number of ether oxygens (including phenoxy) is 3. The number of anilines is 1. The number of hydrogen-bond acceptors (Lipinski definition) is 9. The fourth-order valence-corrected chi connectivity index (χ4v) is 6.85. The number of thioether (sulfide) groups is 1. The maximum atomic E-state index is 13.4. The minimum atomic E-state index is -1.41. The van der Waals surface area contributed by atoms with Gasteiger partial charge in [0.25, 0.3) is 0 Å². The van der Waals surface area contributed by atoms with Gasteiger partial charge >= 0.3 is 12.1 Å². The highest BCUT2D eigenvalue weighted by Crippen LogP contribution is 2.50. The molecule has 3 amide bonds. The van der Waals surface area contributed by atoms with Gasteiger partial charge in [-0.3, -0.25) is 14.9 Å². The molecule has 2 saturated heterocycles. The van der Waals surface area contributed by atoms with Crippen LogP contribution in [0.3, 0.4) is 0 Å². The summed E-state index contributed by atoms with van der Waals surface area (Å²) in [5.41, 5.74) is 0.637. The summed E-state index contributed by atoms with van der Waals surface area (Å²) in [4.78, 5) is 50.3. The van der Waals surface area contributed by atoms with Crippen molar-refractivity contribution >= 4 is 52.9 Å². The van der Waals surface area contributed by atoms with Gasteiger partial charge in [0.05, 0.1) is 24.5 Å². The Morgan fingerprint density at radius 2 is 1.96 bits per heavy atom. The first-order valence-corrected chi connectivity index (χ1v) is 18.5. The zero-order valence-electron chi connectivity index (χ0n) is 30.4. The number of rotatable bonds is 6. The molecule has 14 heteroatoms. The van der Waals surface area contributed by atoms with Gasteiger partial charge in [0.1, 0.15) is 28.6 Å². The number of carbonyl (C=O) groups excluding carboxylic acids is 3. The maximum Gasteiger partial charge on any atom is 0.409 e. The molecule has 3 heterocycles. The van der Waals surface area contributed by atoms with E-state index in [-0.39, 0.29) is 49.0 Å². The van der Waals surface area contributed by atoms with E-state index < -0.39 is 35.5 Å². The third kappa shape index (κ3) is 10.2. The van der Waals surface area contributed by atoms with Crippen molar-refractivity contribution in [2.24, 2.45) is 11.8 Å². The van der Waals surface area contributed by atoms with Crippen LogP contribution < -0.4 is 15.0 Å². The van der Waals surface area contributed by atoms with Gasteiger partial charge in [0.2, 0.25) is 11.8 Å². The lowest BCUT2D eigenvalue weighted by molar-refractivity contribution is -0.148. The van der Waals surface area contributed by atoms with Gasteiger partial charge in [-0.25, -0.2) is 9.59 Å². The number of amides is 3. The molecular weight excluding hydrogens is 686 g/mol. The summed E-state index contributed by atoms with van der Waals surface area (Å²) in [6.45, 7) is 9.43. The van der Waals surface area contributed by atoms with Crippen LogP contribution in [0.2, 0.25) is 5.02 Å². The van der Waals surface area contributed by atoms with Crippen LogP contribution in [0.1, 0.15) is 65.9 Å². The topological polar surface area (TPSA) is 158 Å². The monoisotopic (exact) mass is 737 g/mol. The average Bonchev–Trinajstić information content (AvgIpc) is 3.76. The molecule has 0 aliphatic carbocycles. The van der Waals surface area contributed by atoms with Crippen molar-refractivity contribution in [1.29, 1.82) is 0 Å². The molecule has 0 saturated carbocycles. The lowest BCUT2D eigenvalue weighted by Crippen LogP contribution is -2.57. The van der Waals surface area contributed by atoms with Gasteiger partial charge in [-0.05, 0) is 57.1 Å². The van der Waals surface area contributed by atoms with E-state index in [1.807, 2.05) is 64.3 Å². The Morgan fingerprint density at radius 1 is 1.28 bits per heavy atom. The Labute approximate surface area is 304 Å². The number of benzene rings is 1. The quantitative estimate of drug-likeness (QED) is 0.321.